The molecule has 0 spiro atoms. The summed E-state index contributed by atoms with van der Waals surface area (Å²) in [4.78, 5) is 0. The number of benzene rings is 1. The van der Waals surface area contributed by atoms with Gasteiger partial charge in [-0.05, 0) is 86.7 Å². The molecular weight excluding hydrogens is 438 g/mol. The van der Waals surface area contributed by atoms with Gasteiger partial charge in [-0.15, -0.1) is 0 Å². The standard InChI is InChI=1S/C30H47OP2/c1-23(32(25-15-4-2-5-16-25)26-17-6-3-7-18-26)27-20-12-22-29(27)33(31)30-21-11-10-19-28(30)24-13-8-9-14-24/h10-11,19,21,23-27,29H,2-9,12-18,20,22H2,1H3/q+1. The monoisotopic (exact) mass is 485 g/mol. The molecule has 0 heterocycles. The first-order valence-corrected chi connectivity index (χ1v) is 17.4. The second-order valence-electron chi connectivity index (χ2n) is 11.8. The van der Waals surface area contributed by atoms with Crippen LogP contribution in [-0.4, -0.2) is 22.6 Å². The van der Waals surface area contributed by atoms with Gasteiger partial charge in [0, 0.05) is 11.5 Å². The van der Waals surface area contributed by atoms with Gasteiger partial charge in [-0.3, -0.25) is 0 Å². The van der Waals surface area contributed by atoms with Gasteiger partial charge >= 0.3 is 7.80 Å². The maximum Gasteiger partial charge on any atom is 0.380 e. The summed E-state index contributed by atoms with van der Waals surface area (Å²) in [5, 5.41) is 1.25. The Morgan fingerprint density at radius 3 is 1.94 bits per heavy atom. The van der Waals surface area contributed by atoms with E-state index in [0.29, 0.717) is 17.5 Å². The van der Waals surface area contributed by atoms with Crippen LogP contribution in [0, 0.1) is 5.92 Å². The van der Waals surface area contributed by atoms with E-state index < -0.39 is 7.80 Å². The summed E-state index contributed by atoms with van der Waals surface area (Å²) in [6.07, 6.45) is 24.0. The van der Waals surface area contributed by atoms with Crippen LogP contribution < -0.4 is 5.30 Å². The smallest absolute Gasteiger partial charge is 0.0970 e. The van der Waals surface area contributed by atoms with Gasteiger partial charge in [-0.1, -0.05) is 89.0 Å². The molecule has 33 heavy (non-hydrogen) atoms. The molecule has 4 fully saturated rings. The lowest BCUT2D eigenvalue weighted by molar-refractivity contribution is 0.464. The molecule has 4 aliphatic carbocycles. The van der Waals surface area contributed by atoms with Gasteiger partial charge in [-0.25, -0.2) is 0 Å². The van der Waals surface area contributed by atoms with Crippen molar-refractivity contribution >= 4 is 21.0 Å². The molecule has 1 aromatic rings. The highest BCUT2D eigenvalue weighted by Gasteiger charge is 2.49. The van der Waals surface area contributed by atoms with Crippen molar-refractivity contribution in [2.24, 2.45) is 5.92 Å². The molecule has 0 aliphatic heterocycles. The van der Waals surface area contributed by atoms with Crippen molar-refractivity contribution in [1.82, 2.24) is 0 Å². The van der Waals surface area contributed by atoms with Gasteiger partial charge in [0.05, 0.1) is 0 Å². The minimum atomic E-state index is -1.28. The zero-order chi connectivity index (χ0) is 22.6. The SMILES string of the molecule is CC(C1CCCC1[P+](=O)c1ccccc1C1CCCC1)P(C1CCCCC1)C1CCCCC1. The molecule has 0 aromatic heterocycles. The third-order valence-corrected chi connectivity index (χ3v) is 16.1. The molecule has 4 saturated carbocycles. The van der Waals surface area contributed by atoms with E-state index in [2.05, 4.69) is 31.2 Å². The third-order valence-electron chi connectivity index (χ3n) is 9.88. The first-order valence-electron chi connectivity index (χ1n) is 14.6. The summed E-state index contributed by atoms with van der Waals surface area (Å²) >= 11 is 0. The van der Waals surface area contributed by atoms with Crippen LogP contribution in [0.2, 0.25) is 0 Å². The van der Waals surface area contributed by atoms with Crippen LogP contribution in [0.5, 0.6) is 0 Å². The first kappa shape index (κ1) is 24.4. The second-order valence-corrected chi connectivity index (χ2v) is 16.8. The number of hydrogen-bond acceptors (Lipinski definition) is 1. The number of rotatable bonds is 7. The lowest BCUT2D eigenvalue weighted by Gasteiger charge is -2.44. The Labute approximate surface area is 205 Å². The Morgan fingerprint density at radius 2 is 1.30 bits per heavy atom. The molecule has 1 aromatic carbocycles. The quantitative estimate of drug-likeness (QED) is 0.351. The van der Waals surface area contributed by atoms with Gasteiger partial charge < -0.3 is 0 Å². The lowest BCUT2D eigenvalue weighted by Crippen LogP contribution is -2.32. The van der Waals surface area contributed by atoms with E-state index in [-0.39, 0.29) is 7.92 Å². The van der Waals surface area contributed by atoms with Gasteiger partial charge in [0.15, 0.2) is 11.0 Å². The van der Waals surface area contributed by atoms with Crippen LogP contribution in [0.4, 0.5) is 0 Å². The topological polar surface area (TPSA) is 17.1 Å². The fourth-order valence-electron chi connectivity index (χ4n) is 8.21. The molecule has 1 nitrogen and oxygen atoms in total. The Bertz CT molecular complexity index is 755. The predicted molar refractivity (Wildman–Crippen MR) is 146 cm³/mol. The molecule has 0 radical (unpaired) electrons. The molecule has 4 unspecified atom stereocenters. The fourth-order valence-corrected chi connectivity index (χ4v) is 15.3. The first-order chi connectivity index (χ1) is 16.2. The van der Waals surface area contributed by atoms with Gasteiger partial charge in [0.25, 0.3) is 0 Å². The van der Waals surface area contributed by atoms with Crippen LogP contribution in [0.3, 0.4) is 0 Å². The van der Waals surface area contributed by atoms with Crippen molar-refractivity contribution in [3.05, 3.63) is 29.8 Å². The second kappa shape index (κ2) is 11.7. The predicted octanol–water partition coefficient (Wildman–Crippen LogP) is 9.50. The highest BCUT2D eigenvalue weighted by atomic mass is 31.1. The van der Waals surface area contributed by atoms with Crippen LogP contribution in [0.15, 0.2) is 24.3 Å². The van der Waals surface area contributed by atoms with E-state index in [1.165, 1.54) is 120 Å². The molecule has 0 N–H and O–H groups in total. The van der Waals surface area contributed by atoms with Gasteiger partial charge in [0.2, 0.25) is 0 Å². The molecule has 3 heteroatoms. The van der Waals surface area contributed by atoms with Crippen LogP contribution in [0.1, 0.15) is 128 Å². The Kier molecular flexibility index (Phi) is 8.63. The molecule has 4 atom stereocenters. The van der Waals surface area contributed by atoms with Crippen molar-refractivity contribution < 1.29 is 4.57 Å². The summed E-state index contributed by atoms with van der Waals surface area (Å²) in [7, 11) is -1.22. The van der Waals surface area contributed by atoms with E-state index in [1.807, 2.05) is 0 Å². The zero-order valence-corrected chi connectivity index (χ0v) is 22.9. The van der Waals surface area contributed by atoms with E-state index in [0.717, 1.165) is 17.0 Å². The number of hydrogen-bond donors (Lipinski definition) is 0. The fraction of sp³-hybridized carbons (Fsp3) is 0.800. The van der Waals surface area contributed by atoms with Crippen molar-refractivity contribution in [3.63, 3.8) is 0 Å². The summed E-state index contributed by atoms with van der Waals surface area (Å²) in [5.41, 5.74) is 4.73. The van der Waals surface area contributed by atoms with E-state index in [1.54, 1.807) is 0 Å². The summed E-state index contributed by atoms with van der Waals surface area (Å²) in [5.74, 6) is 1.37. The molecule has 4 aliphatic rings. The molecule has 0 bridgehead atoms. The largest absolute Gasteiger partial charge is 0.380 e. The Morgan fingerprint density at radius 1 is 0.727 bits per heavy atom. The molecule has 0 amide bonds. The molecule has 0 saturated heterocycles. The van der Waals surface area contributed by atoms with E-state index >= 15 is 0 Å². The van der Waals surface area contributed by atoms with Crippen molar-refractivity contribution in [2.75, 3.05) is 0 Å². The molecular formula is C30H47OP2+. The van der Waals surface area contributed by atoms with E-state index in [9.17, 15) is 4.57 Å². The Hall–Kier alpha value is -0.250. The van der Waals surface area contributed by atoms with Gasteiger partial charge in [-0.2, -0.15) is 0 Å². The Balaban J connectivity index is 1.38. The average molecular weight is 486 g/mol. The molecule has 5 rings (SSSR count). The summed E-state index contributed by atoms with van der Waals surface area (Å²) in [6.45, 7) is 2.64. The minimum Gasteiger partial charge on any atom is -0.0970 e. The van der Waals surface area contributed by atoms with Crippen LogP contribution in [0.25, 0.3) is 0 Å². The van der Waals surface area contributed by atoms with Crippen molar-refractivity contribution in [2.45, 2.75) is 145 Å². The normalized spacial score (nSPS) is 29.6. The van der Waals surface area contributed by atoms with Crippen LogP contribution >= 0.6 is 15.7 Å². The minimum absolute atomic E-state index is 0.0657. The van der Waals surface area contributed by atoms with E-state index in [4.69, 9.17) is 0 Å². The summed E-state index contributed by atoms with van der Waals surface area (Å²) < 4.78 is 14.3. The highest BCUT2D eigenvalue weighted by molar-refractivity contribution is 7.60. The summed E-state index contributed by atoms with van der Waals surface area (Å²) in [6, 6.07) is 8.92. The highest BCUT2D eigenvalue weighted by Crippen LogP contribution is 2.63. The van der Waals surface area contributed by atoms with Crippen LogP contribution in [-0.2, 0) is 4.57 Å². The third kappa shape index (κ3) is 5.46. The maximum atomic E-state index is 14.3. The van der Waals surface area contributed by atoms with Crippen molar-refractivity contribution in [3.8, 4) is 0 Å². The average Bonchev–Trinajstić information content (AvgIpc) is 3.58. The maximum absolute atomic E-state index is 14.3. The lowest BCUT2D eigenvalue weighted by atomic mass is 9.98. The molecule has 182 valence electrons. The van der Waals surface area contributed by atoms with Crippen molar-refractivity contribution in [1.29, 1.82) is 0 Å². The zero-order valence-electron chi connectivity index (χ0n) is 21.1. The van der Waals surface area contributed by atoms with Gasteiger partial charge in [0.1, 0.15) is 0 Å².